The Kier molecular flexibility index (Phi) is 6.31. The zero-order valence-electron chi connectivity index (χ0n) is 14.1. The van der Waals surface area contributed by atoms with Gasteiger partial charge in [0.1, 0.15) is 0 Å². The zero-order valence-corrected chi connectivity index (χ0v) is 14.9. The van der Waals surface area contributed by atoms with Gasteiger partial charge in [0.15, 0.2) is 0 Å². The molecule has 0 atom stereocenters. The van der Waals surface area contributed by atoms with Gasteiger partial charge >= 0.3 is 6.18 Å². The van der Waals surface area contributed by atoms with Crippen LogP contribution in [-0.2, 0) is 11.0 Å². The highest BCUT2D eigenvalue weighted by Gasteiger charge is 2.30. The van der Waals surface area contributed by atoms with Crippen molar-refractivity contribution in [2.24, 2.45) is 0 Å². The first-order valence-corrected chi connectivity index (χ1v) is 8.80. The van der Waals surface area contributed by atoms with E-state index in [0.29, 0.717) is 5.69 Å². The van der Waals surface area contributed by atoms with Crippen molar-refractivity contribution in [1.82, 2.24) is 4.90 Å². The van der Waals surface area contributed by atoms with Gasteiger partial charge in [-0.15, -0.1) is 11.8 Å². The fourth-order valence-corrected chi connectivity index (χ4v) is 2.80. The highest BCUT2D eigenvalue weighted by molar-refractivity contribution is 7.98. The monoisotopic (exact) mass is 382 g/mol. The van der Waals surface area contributed by atoms with Crippen molar-refractivity contribution >= 4 is 29.3 Å². The van der Waals surface area contributed by atoms with Crippen LogP contribution >= 0.6 is 11.8 Å². The summed E-state index contributed by atoms with van der Waals surface area (Å²) < 4.78 is 37.7. The summed E-state index contributed by atoms with van der Waals surface area (Å²) in [6.07, 6.45) is -2.58. The summed E-state index contributed by atoms with van der Waals surface area (Å²) in [7, 11) is 1.42. The summed E-state index contributed by atoms with van der Waals surface area (Å²) in [5.41, 5.74) is -0.110. The van der Waals surface area contributed by atoms with Gasteiger partial charge in [0.2, 0.25) is 5.91 Å². The molecule has 0 spiro atoms. The average molecular weight is 382 g/mol. The maximum atomic E-state index is 12.6. The van der Waals surface area contributed by atoms with E-state index in [1.165, 1.54) is 18.8 Å². The van der Waals surface area contributed by atoms with Crippen LogP contribution in [0, 0.1) is 0 Å². The molecule has 138 valence electrons. The topological polar surface area (TPSA) is 49.4 Å². The number of hydrogen-bond donors (Lipinski definition) is 1. The second kappa shape index (κ2) is 8.27. The fourth-order valence-electron chi connectivity index (χ4n) is 2.25. The fraction of sp³-hybridized carbons (Fsp3) is 0.222. The SMILES string of the molecule is CSc1ccccc1NC(=O)CN(C)C(=O)c1ccc(C(F)(F)F)cc1. The van der Waals surface area contributed by atoms with Crippen molar-refractivity contribution in [2.75, 3.05) is 25.2 Å². The quantitative estimate of drug-likeness (QED) is 0.791. The van der Waals surface area contributed by atoms with Gasteiger partial charge in [-0.2, -0.15) is 13.2 Å². The first-order valence-electron chi connectivity index (χ1n) is 7.58. The van der Waals surface area contributed by atoms with Gasteiger partial charge in [0.05, 0.1) is 17.8 Å². The van der Waals surface area contributed by atoms with E-state index in [1.807, 2.05) is 18.4 Å². The summed E-state index contributed by atoms with van der Waals surface area (Å²) in [5.74, 6) is -0.929. The molecule has 2 aromatic carbocycles. The van der Waals surface area contributed by atoms with E-state index in [2.05, 4.69) is 5.32 Å². The highest BCUT2D eigenvalue weighted by Crippen LogP contribution is 2.29. The van der Waals surface area contributed by atoms with Gasteiger partial charge in [0, 0.05) is 17.5 Å². The zero-order chi connectivity index (χ0) is 19.3. The van der Waals surface area contributed by atoms with E-state index >= 15 is 0 Å². The smallest absolute Gasteiger partial charge is 0.332 e. The second-order valence-corrected chi connectivity index (χ2v) is 6.33. The van der Waals surface area contributed by atoms with E-state index in [0.717, 1.165) is 34.1 Å². The molecule has 0 saturated carbocycles. The Bertz CT molecular complexity index is 792. The molecule has 26 heavy (non-hydrogen) atoms. The minimum atomic E-state index is -4.46. The Morgan fingerprint density at radius 3 is 2.27 bits per heavy atom. The van der Waals surface area contributed by atoms with Crippen LogP contribution in [0.15, 0.2) is 53.4 Å². The number of halogens is 3. The lowest BCUT2D eigenvalue weighted by atomic mass is 10.1. The van der Waals surface area contributed by atoms with E-state index in [9.17, 15) is 22.8 Å². The molecule has 2 aromatic rings. The number of para-hydroxylation sites is 1. The Labute approximate surface area is 153 Å². The number of carbonyl (C=O) groups is 2. The Morgan fingerprint density at radius 2 is 1.69 bits per heavy atom. The lowest BCUT2D eigenvalue weighted by Crippen LogP contribution is -2.35. The minimum absolute atomic E-state index is 0.0813. The highest BCUT2D eigenvalue weighted by atomic mass is 32.2. The van der Waals surface area contributed by atoms with E-state index in [-0.39, 0.29) is 12.1 Å². The molecule has 2 amide bonds. The number of likely N-dealkylation sites (N-methyl/N-ethyl adjacent to an activating group) is 1. The first-order chi connectivity index (χ1) is 12.2. The number of nitrogens with zero attached hydrogens (tertiary/aromatic N) is 1. The molecule has 0 aliphatic rings. The molecule has 4 nitrogen and oxygen atoms in total. The van der Waals surface area contributed by atoms with Gasteiger partial charge in [-0.05, 0) is 42.7 Å². The van der Waals surface area contributed by atoms with Crippen molar-refractivity contribution in [3.05, 3.63) is 59.7 Å². The Morgan fingerprint density at radius 1 is 1.08 bits per heavy atom. The maximum Gasteiger partial charge on any atom is 0.416 e. The molecular formula is C18H17F3N2O2S. The first kappa shape index (κ1) is 19.8. The van der Waals surface area contributed by atoms with Crippen LogP contribution in [0.4, 0.5) is 18.9 Å². The molecule has 0 bridgehead atoms. The van der Waals surface area contributed by atoms with E-state index < -0.39 is 23.6 Å². The summed E-state index contributed by atoms with van der Waals surface area (Å²) in [6, 6.07) is 11.1. The lowest BCUT2D eigenvalue weighted by Gasteiger charge is -2.18. The van der Waals surface area contributed by atoms with Crippen molar-refractivity contribution in [3.8, 4) is 0 Å². The molecule has 0 aromatic heterocycles. The third-order valence-electron chi connectivity index (χ3n) is 3.57. The van der Waals surface area contributed by atoms with Crippen LogP contribution in [0.3, 0.4) is 0 Å². The van der Waals surface area contributed by atoms with Crippen LogP contribution in [0.5, 0.6) is 0 Å². The van der Waals surface area contributed by atoms with Crippen LogP contribution in [0.25, 0.3) is 0 Å². The number of nitrogens with one attached hydrogen (secondary N) is 1. The van der Waals surface area contributed by atoms with Crippen LogP contribution in [-0.4, -0.2) is 36.6 Å². The van der Waals surface area contributed by atoms with Crippen LogP contribution < -0.4 is 5.32 Å². The Balaban J connectivity index is 2.01. The maximum absolute atomic E-state index is 12.6. The molecule has 0 radical (unpaired) electrons. The second-order valence-electron chi connectivity index (χ2n) is 5.48. The molecule has 0 aliphatic carbocycles. The number of thioether (sulfide) groups is 1. The normalized spacial score (nSPS) is 11.1. The molecule has 8 heteroatoms. The predicted molar refractivity (Wildman–Crippen MR) is 95.3 cm³/mol. The summed E-state index contributed by atoms with van der Waals surface area (Å²) in [4.78, 5) is 26.5. The number of rotatable bonds is 5. The summed E-state index contributed by atoms with van der Waals surface area (Å²) >= 11 is 1.48. The van der Waals surface area contributed by atoms with Gasteiger partial charge in [0.25, 0.3) is 5.91 Å². The third-order valence-corrected chi connectivity index (χ3v) is 4.36. The molecule has 0 unspecified atom stereocenters. The Hall–Kier alpha value is -2.48. The summed E-state index contributed by atoms with van der Waals surface area (Å²) in [5, 5.41) is 2.73. The molecule has 0 saturated heterocycles. The lowest BCUT2D eigenvalue weighted by molar-refractivity contribution is -0.137. The van der Waals surface area contributed by atoms with Gasteiger partial charge in [-0.3, -0.25) is 9.59 Å². The van der Waals surface area contributed by atoms with Crippen LogP contribution in [0.1, 0.15) is 15.9 Å². The average Bonchev–Trinajstić information content (AvgIpc) is 2.60. The molecule has 1 N–H and O–H groups in total. The number of anilines is 1. The van der Waals surface area contributed by atoms with Crippen molar-refractivity contribution in [3.63, 3.8) is 0 Å². The van der Waals surface area contributed by atoms with Crippen molar-refractivity contribution in [2.45, 2.75) is 11.1 Å². The van der Waals surface area contributed by atoms with E-state index in [1.54, 1.807) is 12.1 Å². The van der Waals surface area contributed by atoms with E-state index in [4.69, 9.17) is 0 Å². The molecular weight excluding hydrogens is 365 g/mol. The summed E-state index contributed by atoms with van der Waals surface area (Å²) in [6.45, 7) is -0.220. The molecule has 0 fully saturated rings. The molecule has 2 rings (SSSR count). The third kappa shape index (κ3) is 5.01. The number of alkyl halides is 3. The van der Waals surface area contributed by atoms with Gasteiger partial charge in [-0.25, -0.2) is 0 Å². The number of hydrogen-bond acceptors (Lipinski definition) is 3. The number of benzene rings is 2. The standard InChI is InChI=1S/C18H17F3N2O2S/c1-23(11-16(24)22-14-5-3-4-6-15(14)26-2)17(25)12-7-9-13(10-8-12)18(19,20)21/h3-10H,11H2,1-2H3,(H,22,24). The number of carbonyl (C=O) groups excluding carboxylic acids is 2. The molecule has 0 heterocycles. The minimum Gasteiger partial charge on any atom is -0.332 e. The van der Waals surface area contributed by atoms with Crippen LogP contribution in [0.2, 0.25) is 0 Å². The number of amides is 2. The van der Waals surface area contributed by atoms with Crippen molar-refractivity contribution in [1.29, 1.82) is 0 Å². The van der Waals surface area contributed by atoms with Crippen molar-refractivity contribution < 1.29 is 22.8 Å². The predicted octanol–water partition coefficient (Wildman–Crippen LogP) is 4.14. The molecule has 0 aliphatic heterocycles. The largest absolute Gasteiger partial charge is 0.416 e. The van der Waals surface area contributed by atoms with Gasteiger partial charge < -0.3 is 10.2 Å². The van der Waals surface area contributed by atoms with Gasteiger partial charge in [-0.1, -0.05) is 12.1 Å².